The largest absolute Gasteiger partial charge is 0.353 e. The topological polar surface area (TPSA) is 57.8 Å². The van der Waals surface area contributed by atoms with Gasteiger partial charge in [-0.25, -0.2) is 0 Å². The minimum absolute atomic E-state index is 0.0754. The molecular weight excluding hydrogens is 346 g/mol. The first-order valence-electron chi connectivity index (χ1n) is 9.72. The van der Waals surface area contributed by atoms with E-state index in [1.54, 1.807) is 6.08 Å². The molecule has 0 radical (unpaired) electrons. The smallest absolute Gasteiger partial charge is 0.244 e. The number of hydrogen-bond acceptors (Lipinski definition) is 2. The average molecular weight is 371 g/mol. The number of nitrogens with zero attached hydrogens (tertiary/aromatic N) is 2. The standard InChI is InChI=1S/C24H25N3O/c25-16-8-18-27-19-21(22-12-4-5-13-23(22)27)14-15-24(28)26-17-7-6-11-20-9-2-1-3-10-20/h1-5,9-10,12-15,19H,6-8,11,17-18H2,(H,26,28)/b15-14+. The molecule has 2 aromatic carbocycles. The third kappa shape index (κ3) is 5.34. The number of amides is 1. The fraction of sp³-hybridized carbons (Fsp3) is 0.250. The minimum atomic E-state index is -0.0754. The van der Waals surface area contributed by atoms with Crippen LogP contribution in [-0.2, 0) is 17.8 Å². The number of aromatic nitrogens is 1. The maximum atomic E-state index is 12.1. The molecule has 4 heteroatoms. The summed E-state index contributed by atoms with van der Waals surface area (Å²) in [4.78, 5) is 12.1. The van der Waals surface area contributed by atoms with Crippen molar-refractivity contribution in [2.45, 2.75) is 32.2 Å². The molecule has 1 aromatic heterocycles. The van der Waals surface area contributed by atoms with Crippen LogP contribution in [0.15, 0.2) is 66.9 Å². The number of unbranched alkanes of at least 4 members (excludes halogenated alkanes) is 1. The van der Waals surface area contributed by atoms with Gasteiger partial charge in [0.25, 0.3) is 0 Å². The Morgan fingerprint density at radius 2 is 1.86 bits per heavy atom. The summed E-state index contributed by atoms with van der Waals surface area (Å²) in [6.45, 7) is 1.33. The third-order valence-corrected chi connectivity index (χ3v) is 4.73. The number of nitrogens with one attached hydrogen (secondary N) is 1. The highest BCUT2D eigenvalue weighted by atomic mass is 16.1. The van der Waals surface area contributed by atoms with Crippen molar-refractivity contribution in [1.82, 2.24) is 9.88 Å². The van der Waals surface area contributed by atoms with Gasteiger partial charge in [0.05, 0.1) is 12.5 Å². The molecule has 0 saturated carbocycles. The summed E-state index contributed by atoms with van der Waals surface area (Å²) < 4.78 is 2.07. The Balaban J connectivity index is 1.50. The Bertz CT molecular complexity index is 980. The van der Waals surface area contributed by atoms with Crippen molar-refractivity contribution in [3.8, 4) is 6.07 Å². The van der Waals surface area contributed by atoms with Crippen LogP contribution in [0.3, 0.4) is 0 Å². The zero-order valence-electron chi connectivity index (χ0n) is 16.0. The number of benzene rings is 2. The van der Waals surface area contributed by atoms with Crippen LogP contribution in [0.1, 0.15) is 30.4 Å². The van der Waals surface area contributed by atoms with Crippen molar-refractivity contribution in [1.29, 1.82) is 5.26 Å². The second-order valence-corrected chi connectivity index (χ2v) is 6.77. The number of fused-ring (bicyclic) bond motifs is 1. The predicted molar refractivity (Wildman–Crippen MR) is 114 cm³/mol. The highest BCUT2D eigenvalue weighted by Gasteiger charge is 2.06. The molecule has 142 valence electrons. The first-order valence-corrected chi connectivity index (χ1v) is 9.72. The molecule has 0 bridgehead atoms. The van der Waals surface area contributed by atoms with E-state index in [0.717, 1.165) is 35.7 Å². The Hall–Kier alpha value is -3.32. The van der Waals surface area contributed by atoms with Gasteiger partial charge in [0.2, 0.25) is 5.91 Å². The van der Waals surface area contributed by atoms with Gasteiger partial charge in [0.15, 0.2) is 0 Å². The van der Waals surface area contributed by atoms with E-state index in [1.165, 1.54) is 5.56 Å². The van der Waals surface area contributed by atoms with Crippen molar-refractivity contribution in [2.75, 3.05) is 6.54 Å². The van der Waals surface area contributed by atoms with Gasteiger partial charge in [-0.3, -0.25) is 4.79 Å². The minimum Gasteiger partial charge on any atom is -0.353 e. The summed E-state index contributed by atoms with van der Waals surface area (Å²) in [7, 11) is 0. The Morgan fingerprint density at radius 3 is 2.68 bits per heavy atom. The van der Waals surface area contributed by atoms with Gasteiger partial charge in [-0.1, -0.05) is 48.5 Å². The van der Waals surface area contributed by atoms with Crippen molar-refractivity contribution < 1.29 is 4.79 Å². The number of rotatable bonds is 9. The maximum Gasteiger partial charge on any atom is 0.244 e. The van der Waals surface area contributed by atoms with E-state index in [2.05, 4.69) is 40.2 Å². The van der Waals surface area contributed by atoms with Crippen molar-refractivity contribution in [2.24, 2.45) is 0 Å². The van der Waals surface area contributed by atoms with E-state index in [0.29, 0.717) is 19.5 Å². The number of nitriles is 1. The first-order chi connectivity index (χ1) is 13.8. The molecule has 0 atom stereocenters. The second-order valence-electron chi connectivity index (χ2n) is 6.77. The van der Waals surface area contributed by atoms with Crippen molar-refractivity contribution in [3.63, 3.8) is 0 Å². The van der Waals surface area contributed by atoms with Crippen LogP contribution >= 0.6 is 0 Å². The lowest BCUT2D eigenvalue weighted by molar-refractivity contribution is -0.116. The fourth-order valence-corrected chi connectivity index (χ4v) is 3.30. The summed E-state index contributed by atoms with van der Waals surface area (Å²) >= 11 is 0. The zero-order valence-corrected chi connectivity index (χ0v) is 16.0. The third-order valence-electron chi connectivity index (χ3n) is 4.73. The number of carbonyl (C=O) groups is 1. The molecule has 3 rings (SSSR count). The lowest BCUT2D eigenvalue weighted by Crippen LogP contribution is -2.22. The number of para-hydroxylation sites is 1. The lowest BCUT2D eigenvalue weighted by Gasteiger charge is -2.03. The quantitative estimate of drug-likeness (QED) is 0.437. The molecule has 0 saturated heterocycles. The molecule has 0 fully saturated rings. The molecule has 4 nitrogen and oxygen atoms in total. The van der Waals surface area contributed by atoms with E-state index >= 15 is 0 Å². The van der Waals surface area contributed by atoms with Gasteiger partial charge in [0, 0.05) is 41.8 Å². The van der Waals surface area contributed by atoms with Crippen molar-refractivity contribution >= 4 is 22.9 Å². The van der Waals surface area contributed by atoms with Crippen LogP contribution in [0, 0.1) is 11.3 Å². The van der Waals surface area contributed by atoms with Gasteiger partial charge in [-0.05, 0) is 37.0 Å². The summed E-state index contributed by atoms with van der Waals surface area (Å²) in [6.07, 6.45) is 8.96. The van der Waals surface area contributed by atoms with Gasteiger partial charge in [-0.2, -0.15) is 5.26 Å². The molecule has 0 spiro atoms. The molecule has 0 unspecified atom stereocenters. The molecule has 0 aliphatic heterocycles. The predicted octanol–water partition coefficient (Wildman–Crippen LogP) is 4.71. The monoisotopic (exact) mass is 371 g/mol. The fourth-order valence-electron chi connectivity index (χ4n) is 3.30. The maximum absolute atomic E-state index is 12.1. The Morgan fingerprint density at radius 1 is 1.07 bits per heavy atom. The van der Waals surface area contributed by atoms with Crippen LogP contribution in [0.25, 0.3) is 17.0 Å². The molecule has 28 heavy (non-hydrogen) atoms. The van der Waals surface area contributed by atoms with E-state index in [9.17, 15) is 4.79 Å². The summed E-state index contributed by atoms with van der Waals surface area (Å²) in [5.74, 6) is -0.0754. The lowest BCUT2D eigenvalue weighted by atomic mass is 10.1. The molecule has 1 heterocycles. The zero-order chi connectivity index (χ0) is 19.6. The summed E-state index contributed by atoms with van der Waals surface area (Å²) in [5, 5.41) is 12.9. The Labute approximate surface area is 166 Å². The average Bonchev–Trinajstić information content (AvgIpc) is 3.09. The molecule has 3 aromatic rings. The first kappa shape index (κ1) is 19.4. The SMILES string of the molecule is N#CCCn1cc(/C=C/C(=O)NCCCCc2ccccc2)c2ccccc21. The van der Waals surface area contributed by atoms with E-state index in [1.807, 2.05) is 42.6 Å². The normalized spacial score (nSPS) is 11.0. The van der Waals surface area contributed by atoms with Gasteiger partial charge >= 0.3 is 0 Å². The molecule has 0 aliphatic carbocycles. The van der Waals surface area contributed by atoms with Crippen LogP contribution in [-0.4, -0.2) is 17.0 Å². The molecular formula is C24H25N3O. The summed E-state index contributed by atoms with van der Waals surface area (Å²) in [5.41, 5.74) is 3.41. The summed E-state index contributed by atoms with van der Waals surface area (Å²) in [6, 6.07) is 20.6. The molecule has 1 N–H and O–H groups in total. The van der Waals surface area contributed by atoms with Gasteiger partial charge < -0.3 is 9.88 Å². The second kappa shape index (κ2) is 10.1. The highest BCUT2D eigenvalue weighted by Crippen LogP contribution is 2.22. The Kier molecular flexibility index (Phi) is 7.03. The van der Waals surface area contributed by atoms with Crippen LogP contribution in [0.2, 0.25) is 0 Å². The number of aryl methyl sites for hydroxylation is 2. The van der Waals surface area contributed by atoms with Gasteiger partial charge in [-0.15, -0.1) is 0 Å². The highest BCUT2D eigenvalue weighted by molar-refractivity contribution is 5.96. The number of carbonyl (C=O) groups excluding carboxylic acids is 1. The van der Waals surface area contributed by atoms with Crippen LogP contribution in [0.5, 0.6) is 0 Å². The van der Waals surface area contributed by atoms with E-state index in [-0.39, 0.29) is 5.91 Å². The van der Waals surface area contributed by atoms with Gasteiger partial charge in [0.1, 0.15) is 0 Å². The van der Waals surface area contributed by atoms with E-state index < -0.39 is 0 Å². The van der Waals surface area contributed by atoms with Crippen LogP contribution in [0.4, 0.5) is 0 Å². The van der Waals surface area contributed by atoms with E-state index in [4.69, 9.17) is 5.26 Å². The molecule has 0 aliphatic rings. The molecule has 1 amide bonds. The van der Waals surface area contributed by atoms with Crippen LogP contribution < -0.4 is 5.32 Å². The number of hydrogen-bond donors (Lipinski definition) is 1. The van der Waals surface area contributed by atoms with Crippen molar-refractivity contribution in [3.05, 3.63) is 78.0 Å².